The number of rotatable bonds is 1. The van der Waals surface area contributed by atoms with E-state index in [1.54, 1.807) is 0 Å². The quantitative estimate of drug-likeness (QED) is 0.759. The van der Waals surface area contributed by atoms with Crippen LogP contribution < -0.4 is 5.73 Å². The smallest absolute Gasteiger partial charge is 0.227 e. The molecule has 88 valence electrons. The Labute approximate surface area is 102 Å². The van der Waals surface area contributed by atoms with E-state index in [0.717, 1.165) is 43.9 Å². The lowest BCUT2D eigenvalue weighted by Gasteiger charge is -2.30. The number of thioether (sulfide) groups is 1. The van der Waals surface area contributed by atoms with E-state index in [9.17, 15) is 4.79 Å². The van der Waals surface area contributed by atoms with Crippen molar-refractivity contribution in [3.63, 3.8) is 0 Å². The number of nitrogens with two attached hydrogens (primary N) is 1. The SMILES string of the molecule is Cl.NC1CCCC1C(=O)N1CCSCC1. The van der Waals surface area contributed by atoms with Crippen molar-refractivity contribution in [2.75, 3.05) is 24.6 Å². The number of carbonyl (C=O) groups is 1. The van der Waals surface area contributed by atoms with Gasteiger partial charge in [0, 0.05) is 30.6 Å². The topological polar surface area (TPSA) is 46.3 Å². The standard InChI is InChI=1S/C10H18N2OS.ClH/c11-9-3-1-2-8(9)10(13)12-4-6-14-7-5-12;/h8-9H,1-7,11H2;1H. The van der Waals surface area contributed by atoms with E-state index < -0.39 is 0 Å². The van der Waals surface area contributed by atoms with Crippen LogP contribution >= 0.6 is 24.2 Å². The van der Waals surface area contributed by atoms with Crippen molar-refractivity contribution in [2.45, 2.75) is 25.3 Å². The highest BCUT2D eigenvalue weighted by Crippen LogP contribution is 2.26. The molecule has 1 saturated heterocycles. The molecule has 2 fully saturated rings. The Morgan fingerprint density at radius 2 is 1.93 bits per heavy atom. The summed E-state index contributed by atoms with van der Waals surface area (Å²) in [6, 6.07) is 0.122. The summed E-state index contributed by atoms with van der Waals surface area (Å²) in [6.07, 6.45) is 3.16. The Morgan fingerprint density at radius 3 is 2.47 bits per heavy atom. The van der Waals surface area contributed by atoms with Crippen LogP contribution in [0.25, 0.3) is 0 Å². The van der Waals surface area contributed by atoms with Gasteiger partial charge in [-0.3, -0.25) is 4.79 Å². The van der Waals surface area contributed by atoms with Crippen LogP contribution in [0.1, 0.15) is 19.3 Å². The molecule has 0 aromatic carbocycles. The zero-order valence-electron chi connectivity index (χ0n) is 8.85. The molecule has 3 nitrogen and oxygen atoms in total. The molecule has 1 aliphatic heterocycles. The van der Waals surface area contributed by atoms with E-state index in [4.69, 9.17) is 5.73 Å². The Morgan fingerprint density at radius 1 is 1.27 bits per heavy atom. The van der Waals surface area contributed by atoms with Crippen molar-refractivity contribution in [1.29, 1.82) is 0 Å². The highest BCUT2D eigenvalue weighted by atomic mass is 35.5. The largest absolute Gasteiger partial charge is 0.341 e. The molecule has 2 unspecified atom stereocenters. The van der Waals surface area contributed by atoms with E-state index >= 15 is 0 Å². The van der Waals surface area contributed by atoms with Crippen molar-refractivity contribution in [1.82, 2.24) is 4.90 Å². The third-order valence-electron chi connectivity index (χ3n) is 3.21. The number of amides is 1. The summed E-state index contributed by atoms with van der Waals surface area (Å²) in [5.41, 5.74) is 5.93. The Kier molecular flexibility index (Phi) is 5.23. The van der Waals surface area contributed by atoms with E-state index in [1.165, 1.54) is 0 Å². The first kappa shape index (κ1) is 13.1. The first-order valence-electron chi connectivity index (χ1n) is 5.41. The molecule has 0 spiro atoms. The number of hydrogen-bond acceptors (Lipinski definition) is 3. The van der Waals surface area contributed by atoms with Crippen LogP contribution in [0.4, 0.5) is 0 Å². The average molecular weight is 251 g/mol. The van der Waals surface area contributed by atoms with Crippen LogP contribution in [0.15, 0.2) is 0 Å². The second kappa shape index (κ2) is 5.97. The molecule has 2 N–H and O–H groups in total. The number of nitrogens with zero attached hydrogens (tertiary/aromatic N) is 1. The Hall–Kier alpha value is 0.0700. The van der Waals surface area contributed by atoms with Crippen molar-refractivity contribution in [2.24, 2.45) is 11.7 Å². The minimum absolute atomic E-state index is 0. The highest BCUT2D eigenvalue weighted by Gasteiger charge is 2.33. The fourth-order valence-corrected chi connectivity index (χ4v) is 3.22. The molecule has 1 heterocycles. The van der Waals surface area contributed by atoms with Crippen LogP contribution in [-0.2, 0) is 4.79 Å². The third-order valence-corrected chi connectivity index (χ3v) is 4.15. The van der Waals surface area contributed by atoms with Gasteiger partial charge in [-0.15, -0.1) is 12.4 Å². The summed E-state index contributed by atoms with van der Waals surface area (Å²) >= 11 is 1.93. The van der Waals surface area contributed by atoms with Crippen molar-refractivity contribution >= 4 is 30.1 Å². The summed E-state index contributed by atoms with van der Waals surface area (Å²) in [5, 5.41) is 0. The van der Waals surface area contributed by atoms with Crippen LogP contribution in [0.3, 0.4) is 0 Å². The summed E-state index contributed by atoms with van der Waals surface area (Å²) in [7, 11) is 0. The first-order chi connectivity index (χ1) is 6.79. The predicted octanol–water partition coefficient (Wildman–Crippen LogP) is 1.11. The fourth-order valence-electron chi connectivity index (χ4n) is 2.31. The van der Waals surface area contributed by atoms with E-state index in [2.05, 4.69) is 0 Å². The van der Waals surface area contributed by atoms with Crippen LogP contribution in [0.5, 0.6) is 0 Å². The molecule has 5 heteroatoms. The van der Waals surface area contributed by atoms with E-state index in [-0.39, 0.29) is 24.4 Å². The van der Waals surface area contributed by atoms with Crippen LogP contribution in [0, 0.1) is 5.92 Å². The normalized spacial score (nSPS) is 31.1. The van der Waals surface area contributed by atoms with Gasteiger partial charge in [0.1, 0.15) is 0 Å². The first-order valence-corrected chi connectivity index (χ1v) is 6.56. The van der Waals surface area contributed by atoms with Gasteiger partial charge in [-0.2, -0.15) is 11.8 Å². The molecule has 0 bridgehead atoms. The molecule has 15 heavy (non-hydrogen) atoms. The molecule has 2 aliphatic rings. The predicted molar refractivity (Wildman–Crippen MR) is 66.5 cm³/mol. The molecule has 0 aromatic heterocycles. The molecule has 1 saturated carbocycles. The van der Waals surface area contributed by atoms with Crippen molar-refractivity contribution in [3.8, 4) is 0 Å². The molecule has 1 amide bonds. The van der Waals surface area contributed by atoms with Gasteiger partial charge in [-0.25, -0.2) is 0 Å². The molecule has 0 radical (unpaired) electrons. The summed E-state index contributed by atoms with van der Waals surface area (Å²) in [6.45, 7) is 1.85. The van der Waals surface area contributed by atoms with Gasteiger partial charge in [0.15, 0.2) is 0 Å². The molecular weight excluding hydrogens is 232 g/mol. The fraction of sp³-hybridized carbons (Fsp3) is 0.900. The Balaban J connectivity index is 0.00000112. The van der Waals surface area contributed by atoms with Crippen LogP contribution in [-0.4, -0.2) is 41.4 Å². The lowest BCUT2D eigenvalue weighted by atomic mass is 10.0. The monoisotopic (exact) mass is 250 g/mol. The zero-order valence-corrected chi connectivity index (χ0v) is 10.5. The number of hydrogen-bond donors (Lipinski definition) is 1. The maximum Gasteiger partial charge on any atom is 0.227 e. The molecule has 2 atom stereocenters. The minimum atomic E-state index is 0. The zero-order chi connectivity index (χ0) is 9.97. The van der Waals surface area contributed by atoms with Gasteiger partial charge < -0.3 is 10.6 Å². The molecule has 2 rings (SSSR count). The number of carbonyl (C=O) groups excluding carboxylic acids is 1. The van der Waals surface area contributed by atoms with Crippen molar-refractivity contribution < 1.29 is 4.79 Å². The van der Waals surface area contributed by atoms with Gasteiger partial charge in [0.2, 0.25) is 5.91 Å². The highest BCUT2D eigenvalue weighted by molar-refractivity contribution is 7.99. The van der Waals surface area contributed by atoms with E-state index in [1.807, 2.05) is 16.7 Å². The summed E-state index contributed by atoms with van der Waals surface area (Å²) in [5.74, 6) is 2.62. The maximum absolute atomic E-state index is 12.0. The Bertz CT molecular complexity index is 221. The summed E-state index contributed by atoms with van der Waals surface area (Å²) < 4.78 is 0. The van der Waals surface area contributed by atoms with Gasteiger partial charge in [0.25, 0.3) is 0 Å². The molecule has 1 aliphatic carbocycles. The van der Waals surface area contributed by atoms with Gasteiger partial charge >= 0.3 is 0 Å². The number of halogens is 1. The lowest BCUT2D eigenvalue weighted by molar-refractivity contribution is -0.135. The second-order valence-corrected chi connectivity index (χ2v) is 5.36. The average Bonchev–Trinajstić information content (AvgIpc) is 2.65. The minimum Gasteiger partial charge on any atom is -0.341 e. The van der Waals surface area contributed by atoms with Crippen molar-refractivity contribution in [3.05, 3.63) is 0 Å². The van der Waals surface area contributed by atoms with Gasteiger partial charge in [0.05, 0.1) is 5.92 Å². The van der Waals surface area contributed by atoms with Gasteiger partial charge in [-0.1, -0.05) is 6.42 Å². The summed E-state index contributed by atoms with van der Waals surface area (Å²) in [4.78, 5) is 14.1. The maximum atomic E-state index is 12.0. The van der Waals surface area contributed by atoms with Crippen LogP contribution in [0.2, 0.25) is 0 Å². The van der Waals surface area contributed by atoms with Gasteiger partial charge in [-0.05, 0) is 12.8 Å². The molecular formula is C10H19ClN2OS. The molecule has 0 aromatic rings. The third kappa shape index (κ3) is 3.02. The lowest BCUT2D eigenvalue weighted by Crippen LogP contribution is -2.45. The van der Waals surface area contributed by atoms with E-state index in [0.29, 0.717) is 5.91 Å². The second-order valence-electron chi connectivity index (χ2n) is 4.14.